The van der Waals surface area contributed by atoms with Crippen molar-refractivity contribution in [1.29, 1.82) is 0 Å². The third kappa shape index (κ3) is 6.79. The number of aryl methyl sites for hydroxylation is 3. The molecule has 0 aliphatic carbocycles. The van der Waals surface area contributed by atoms with Gasteiger partial charge in [-0.15, -0.1) is 0 Å². The van der Waals surface area contributed by atoms with Crippen LogP contribution >= 0.6 is 0 Å². The van der Waals surface area contributed by atoms with Gasteiger partial charge in [0.05, 0.1) is 11.1 Å². The summed E-state index contributed by atoms with van der Waals surface area (Å²) in [7, 11) is -5.05. The minimum Gasteiger partial charge on any atom is -0.448 e. The first-order chi connectivity index (χ1) is 14.2. The van der Waals surface area contributed by atoms with E-state index in [0.29, 0.717) is 5.75 Å². The second-order valence-corrected chi connectivity index (χ2v) is 8.38. The highest BCUT2D eigenvalue weighted by atomic mass is 32.2. The lowest BCUT2D eigenvalue weighted by Gasteiger charge is -2.19. The fraction of sp³-hybridized carbons (Fsp3) is 0.300. The molecule has 0 aliphatic heterocycles. The number of halogens is 3. The number of hydrogen-bond donors (Lipinski definition) is 1. The Bertz CT molecular complexity index is 1070. The summed E-state index contributed by atoms with van der Waals surface area (Å²) in [6.45, 7) is 5.43. The molecule has 2 aromatic carbocycles. The van der Waals surface area contributed by atoms with Gasteiger partial charge >= 0.3 is 18.1 Å². The predicted octanol–water partition coefficient (Wildman–Crippen LogP) is 3.81. The molecule has 0 bridgehead atoms. The molecule has 0 aromatic heterocycles. The van der Waals surface area contributed by atoms with Crippen LogP contribution in [0.25, 0.3) is 0 Å². The van der Waals surface area contributed by atoms with Crippen LogP contribution < -0.4 is 4.74 Å². The molecular weight excluding hydrogens is 441 g/mol. The van der Waals surface area contributed by atoms with Gasteiger partial charge in [-0.05, 0) is 56.2 Å². The van der Waals surface area contributed by atoms with Crippen molar-refractivity contribution in [1.82, 2.24) is 0 Å². The summed E-state index contributed by atoms with van der Waals surface area (Å²) in [5, 5.41) is 0. The lowest BCUT2D eigenvalue weighted by molar-refractivity contribution is -0.197. The fourth-order valence-electron chi connectivity index (χ4n) is 2.81. The van der Waals surface area contributed by atoms with Gasteiger partial charge in [-0.2, -0.15) is 21.6 Å². The van der Waals surface area contributed by atoms with E-state index in [1.807, 2.05) is 19.1 Å². The van der Waals surface area contributed by atoms with Gasteiger partial charge in [-0.25, -0.2) is 9.59 Å². The molecule has 2 aromatic rings. The van der Waals surface area contributed by atoms with Gasteiger partial charge < -0.3 is 9.47 Å². The summed E-state index contributed by atoms with van der Waals surface area (Å²) >= 11 is 0. The van der Waals surface area contributed by atoms with Crippen molar-refractivity contribution in [3.8, 4) is 5.75 Å². The van der Waals surface area contributed by atoms with Crippen LogP contribution in [0.1, 0.15) is 37.4 Å². The Balaban J connectivity index is 2.15. The maximum atomic E-state index is 12.9. The highest BCUT2D eigenvalue weighted by Gasteiger charge is 2.45. The molecule has 2 rings (SSSR count). The van der Waals surface area contributed by atoms with Crippen LogP contribution in [-0.2, 0) is 14.9 Å². The SMILES string of the molecule is Cc1cc(C)c(OC(=O)c2ccc(C(=O)OC(CS(=O)(=O)O)C(F)(F)F)cc2)c(C)c1. The highest BCUT2D eigenvalue weighted by Crippen LogP contribution is 2.27. The Morgan fingerprint density at radius 1 is 0.968 bits per heavy atom. The standard InChI is InChI=1S/C20H19F3O7S/c1-11-8-12(2)17(13(3)9-11)30-19(25)15-6-4-14(5-7-15)18(24)29-16(20(21,22)23)10-31(26,27)28/h4-9,16H,10H2,1-3H3,(H,26,27,28). The van der Waals surface area contributed by atoms with Gasteiger partial charge in [0.15, 0.2) is 0 Å². The number of rotatable bonds is 6. The van der Waals surface area contributed by atoms with Crippen LogP contribution in [0.2, 0.25) is 0 Å². The first kappa shape index (κ1) is 24.4. The molecule has 7 nitrogen and oxygen atoms in total. The lowest BCUT2D eigenvalue weighted by Crippen LogP contribution is -2.39. The summed E-state index contributed by atoms with van der Waals surface area (Å²) in [5.74, 6) is -3.68. The average molecular weight is 460 g/mol. The quantitative estimate of drug-likeness (QED) is 0.397. The van der Waals surface area contributed by atoms with Gasteiger partial charge in [0.25, 0.3) is 10.1 Å². The molecule has 0 spiro atoms. The van der Waals surface area contributed by atoms with Crippen LogP contribution in [0.15, 0.2) is 36.4 Å². The van der Waals surface area contributed by atoms with Gasteiger partial charge in [0.2, 0.25) is 6.10 Å². The summed E-state index contributed by atoms with van der Waals surface area (Å²) in [5.41, 5.74) is 2.14. The molecule has 0 saturated carbocycles. The van der Waals surface area contributed by atoms with Gasteiger partial charge in [-0.1, -0.05) is 17.7 Å². The van der Waals surface area contributed by atoms with E-state index in [2.05, 4.69) is 4.74 Å². The molecule has 0 fully saturated rings. The van der Waals surface area contributed by atoms with Crippen molar-refractivity contribution in [2.45, 2.75) is 33.1 Å². The Kier molecular flexibility index (Phi) is 7.12. The van der Waals surface area contributed by atoms with E-state index in [1.54, 1.807) is 13.8 Å². The number of ether oxygens (including phenoxy) is 2. The van der Waals surface area contributed by atoms with E-state index < -0.39 is 40.1 Å². The van der Waals surface area contributed by atoms with Gasteiger partial charge in [-0.3, -0.25) is 4.55 Å². The Morgan fingerprint density at radius 2 is 1.42 bits per heavy atom. The van der Waals surface area contributed by atoms with Crippen molar-refractivity contribution in [2.24, 2.45) is 0 Å². The number of carbonyl (C=O) groups is 2. The number of esters is 2. The highest BCUT2D eigenvalue weighted by molar-refractivity contribution is 7.85. The largest absolute Gasteiger partial charge is 0.448 e. The third-order valence-corrected chi connectivity index (χ3v) is 4.86. The first-order valence-corrected chi connectivity index (χ1v) is 10.4. The van der Waals surface area contributed by atoms with E-state index in [0.717, 1.165) is 41.0 Å². The van der Waals surface area contributed by atoms with Crippen LogP contribution in [-0.4, -0.2) is 42.9 Å². The zero-order chi connectivity index (χ0) is 23.6. The van der Waals surface area contributed by atoms with Crippen molar-refractivity contribution in [3.05, 3.63) is 64.2 Å². The van der Waals surface area contributed by atoms with E-state index in [4.69, 9.17) is 9.29 Å². The predicted molar refractivity (Wildman–Crippen MR) is 104 cm³/mol. The van der Waals surface area contributed by atoms with Gasteiger partial charge in [0, 0.05) is 0 Å². The second-order valence-electron chi connectivity index (χ2n) is 6.88. The molecule has 0 radical (unpaired) electrons. The Labute approximate surface area is 176 Å². The van der Waals surface area contributed by atoms with Gasteiger partial charge in [0.1, 0.15) is 11.5 Å². The lowest BCUT2D eigenvalue weighted by atomic mass is 10.1. The molecule has 31 heavy (non-hydrogen) atoms. The van der Waals surface area contributed by atoms with Crippen molar-refractivity contribution in [3.63, 3.8) is 0 Å². The molecular formula is C20H19F3O7S. The average Bonchev–Trinajstić information content (AvgIpc) is 2.62. The van der Waals surface area contributed by atoms with Crippen molar-refractivity contribution >= 4 is 22.1 Å². The maximum Gasteiger partial charge on any atom is 0.426 e. The maximum absolute atomic E-state index is 12.9. The fourth-order valence-corrected chi connectivity index (χ4v) is 3.45. The molecule has 168 valence electrons. The number of benzene rings is 2. The molecule has 0 amide bonds. The molecule has 1 atom stereocenters. The number of alkyl halides is 3. The summed E-state index contributed by atoms with van der Waals surface area (Å²) in [6, 6.07) is 8.05. The van der Waals surface area contributed by atoms with E-state index in [1.165, 1.54) is 0 Å². The van der Waals surface area contributed by atoms with E-state index in [9.17, 15) is 31.2 Å². The van der Waals surface area contributed by atoms with Crippen LogP contribution in [0.3, 0.4) is 0 Å². The Morgan fingerprint density at radius 3 is 1.84 bits per heavy atom. The number of hydrogen-bond acceptors (Lipinski definition) is 6. The van der Waals surface area contributed by atoms with Crippen molar-refractivity contribution in [2.75, 3.05) is 5.75 Å². The first-order valence-electron chi connectivity index (χ1n) is 8.80. The topological polar surface area (TPSA) is 107 Å². The summed E-state index contributed by atoms with van der Waals surface area (Å²) < 4.78 is 78.4. The molecule has 0 saturated heterocycles. The molecule has 11 heteroatoms. The summed E-state index contributed by atoms with van der Waals surface area (Å²) in [4.78, 5) is 24.3. The van der Waals surface area contributed by atoms with Crippen molar-refractivity contribution < 1.29 is 45.2 Å². The molecule has 1 N–H and O–H groups in total. The monoisotopic (exact) mass is 460 g/mol. The Hall–Kier alpha value is -2.92. The minimum absolute atomic E-state index is 0.0289. The van der Waals surface area contributed by atoms with Crippen LogP contribution in [0, 0.1) is 20.8 Å². The number of carbonyl (C=O) groups excluding carboxylic acids is 2. The van der Waals surface area contributed by atoms with Crippen LogP contribution in [0.4, 0.5) is 13.2 Å². The second kappa shape index (κ2) is 9.06. The minimum atomic E-state index is -5.21. The summed E-state index contributed by atoms with van der Waals surface area (Å²) in [6.07, 6.45) is -8.26. The smallest absolute Gasteiger partial charge is 0.426 e. The zero-order valence-electron chi connectivity index (χ0n) is 16.7. The van der Waals surface area contributed by atoms with E-state index in [-0.39, 0.29) is 11.1 Å². The zero-order valence-corrected chi connectivity index (χ0v) is 17.5. The van der Waals surface area contributed by atoms with Crippen LogP contribution in [0.5, 0.6) is 5.75 Å². The molecule has 1 unspecified atom stereocenters. The van der Waals surface area contributed by atoms with E-state index >= 15 is 0 Å². The third-order valence-electron chi connectivity index (χ3n) is 4.13. The molecule has 0 aliphatic rings. The molecule has 0 heterocycles. The normalized spacial score (nSPS) is 12.9.